The normalized spacial score (nSPS) is 10.2. The summed E-state index contributed by atoms with van der Waals surface area (Å²) >= 11 is 0. The molecule has 1 heterocycles. The first-order valence-electron chi connectivity index (χ1n) is 7.25. The summed E-state index contributed by atoms with van der Waals surface area (Å²) in [7, 11) is 3.24. The van der Waals surface area contributed by atoms with Crippen molar-refractivity contribution in [3.8, 4) is 5.75 Å². The number of nitrogens with zero attached hydrogens (tertiary/aromatic N) is 2. The fourth-order valence-electron chi connectivity index (χ4n) is 1.88. The van der Waals surface area contributed by atoms with Gasteiger partial charge in [-0.05, 0) is 30.7 Å². The van der Waals surface area contributed by atoms with Gasteiger partial charge in [-0.3, -0.25) is 4.79 Å². The van der Waals surface area contributed by atoms with Crippen LogP contribution in [0.3, 0.4) is 0 Å². The molecule has 23 heavy (non-hydrogen) atoms. The van der Waals surface area contributed by atoms with Gasteiger partial charge in [0, 0.05) is 32.0 Å². The molecule has 7 nitrogen and oxygen atoms in total. The predicted molar refractivity (Wildman–Crippen MR) is 87.1 cm³/mol. The van der Waals surface area contributed by atoms with Crippen LogP contribution >= 0.6 is 0 Å². The Morgan fingerprint density at radius 3 is 2.74 bits per heavy atom. The first kappa shape index (κ1) is 16.7. The van der Waals surface area contributed by atoms with Gasteiger partial charge < -0.3 is 20.1 Å². The zero-order valence-electron chi connectivity index (χ0n) is 13.2. The quantitative estimate of drug-likeness (QED) is 0.725. The second-order valence-corrected chi connectivity index (χ2v) is 4.76. The van der Waals surface area contributed by atoms with Gasteiger partial charge >= 0.3 is 0 Å². The van der Waals surface area contributed by atoms with Crippen LogP contribution in [0.2, 0.25) is 0 Å². The third-order valence-electron chi connectivity index (χ3n) is 3.05. The van der Waals surface area contributed by atoms with Crippen LogP contribution in [0.25, 0.3) is 0 Å². The van der Waals surface area contributed by atoms with Crippen molar-refractivity contribution in [3.63, 3.8) is 0 Å². The first-order chi connectivity index (χ1) is 11.2. The number of ether oxygens (including phenoxy) is 2. The molecule has 0 saturated heterocycles. The van der Waals surface area contributed by atoms with Crippen molar-refractivity contribution in [2.75, 3.05) is 32.7 Å². The van der Waals surface area contributed by atoms with Crippen LogP contribution in [0.1, 0.15) is 16.9 Å². The molecule has 0 aliphatic rings. The molecule has 2 N–H and O–H groups in total. The van der Waals surface area contributed by atoms with Crippen molar-refractivity contribution in [3.05, 3.63) is 42.1 Å². The lowest BCUT2D eigenvalue weighted by Gasteiger charge is -2.07. The number of amides is 1. The Kier molecular flexibility index (Phi) is 6.31. The highest BCUT2D eigenvalue weighted by atomic mass is 16.5. The van der Waals surface area contributed by atoms with Crippen LogP contribution in [0.15, 0.2) is 36.4 Å². The van der Waals surface area contributed by atoms with Crippen LogP contribution in [0.4, 0.5) is 11.5 Å². The van der Waals surface area contributed by atoms with Gasteiger partial charge in [0.2, 0.25) is 0 Å². The number of benzene rings is 1. The molecule has 0 saturated carbocycles. The molecule has 2 aromatic rings. The maximum Gasteiger partial charge on any atom is 0.271 e. The number of hydrogen-bond acceptors (Lipinski definition) is 6. The highest BCUT2D eigenvalue weighted by Crippen LogP contribution is 2.19. The van der Waals surface area contributed by atoms with Crippen molar-refractivity contribution >= 4 is 17.4 Å². The summed E-state index contributed by atoms with van der Waals surface area (Å²) in [5, 5.41) is 13.8. The Morgan fingerprint density at radius 2 is 2.04 bits per heavy atom. The van der Waals surface area contributed by atoms with E-state index in [4.69, 9.17) is 9.47 Å². The molecule has 122 valence electrons. The molecule has 0 aliphatic carbocycles. The number of nitrogens with one attached hydrogen (secondary N) is 2. The molecular formula is C16H20N4O3. The highest BCUT2D eigenvalue weighted by Gasteiger charge is 2.07. The van der Waals surface area contributed by atoms with E-state index in [9.17, 15) is 4.79 Å². The van der Waals surface area contributed by atoms with Crippen LogP contribution in [0.5, 0.6) is 5.75 Å². The molecule has 1 aromatic carbocycles. The monoisotopic (exact) mass is 316 g/mol. The Morgan fingerprint density at radius 1 is 1.17 bits per heavy atom. The van der Waals surface area contributed by atoms with E-state index < -0.39 is 0 Å². The van der Waals surface area contributed by atoms with Gasteiger partial charge in [-0.1, -0.05) is 6.07 Å². The first-order valence-corrected chi connectivity index (χ1v) is 7.25. The van der Waals surface area contributed by atoms with Crippen molar-refractivity contribution in [2.24, 2.45) is 0 Å². The van der Waals surface area contributed by atoms with E-state index in [1.54, 1.807) is 26.4 Å². The maximum absolute atomic E-state index is 11.9. The van der Waals surface area contributed by atoms with Gasteiger partial charge in [0.25, 0.3) is 5.91 Å². The number of aromatic nitrogens is 2. The third kappa shape index (κ3) is 5.23. The summed E-state index contributed by atoms with van der Waals surface area (Å²) in [5.41, 5.74) is 1.11. The number of anilines is 2. The van der Waals surface area contributed by atoms with E-state index in [-0.39, 0.29) is 11.6 Å². The summed E-state index contributed by atoms with van der Waals surface area (Å²) in [6.07, 6.45) is 0.755. The minimum absolute atomic E-state index is 0.249. The average Bonchev–Trinajstić information content (AvgIpc) is 2.59. The molecule has 2 rings (SSSR count). The minimum atomic E-state index is -0.249. The number of carbonyl (C=O) groups is 1. The lowest BCUT2D eigenvalue weighted by atomic mass is 10.3. The van der Waals surface area contributed by atoms with Crippen molar-refractivity contribution in [1.82, 2.24) is 15.5 Å². The van der Waals surface area contributed by atoms with Gasteiger partial charge in [0.15, 0.2) is 11.5 Å². The summed E-state index contributed by atoms with van der Waals surface area (Å²) in [6, 6.07) is 10.8. The topological polar surface area (TPSA) is 85.4 Å². The Balaban J connectivity index is 1.92. The van der Waals surface area contributed by atoms with Gasteiger partial charge in [-0.15, -0.1) is 10.2 Å². The number of hydrogen-bond donors (Lipinski definition) is 2. The van der Waals surface area contributed by atoms with E-state index in [0.29, 0.717) is 19.0 Å². The van der Waals surface area contributed by atoms with Crippen LogP contribution in [-0.2, 0) is 4.74 Å². The lowest BCUT2D eigenvalue weighted by molar-refractivity contribution is 0.0942. The van der Waals surface area contributed by atoms with Crippen LogP contribution < -0.4 is 15.4 Å². The van der Waals surface area contributed by atoms with Gasteiger partial charge in [0.1, 0.15) is 5.75 Å². The number of methoxy groups -OCH3 is 2. The lowest BCUT2D eigenvalue weighted by Crippen LogP contribution is -2.26. The average molecular weight is 316 g/mol. The molecule has 0 unspecified atom stereocenters. The van der Waals surface area contributed by atoms with Crippen LogP contribution in [-0.4, -0.2) is 43.5 Å². The van der Waals surface area contributed by atoms with Gasteiger partial charge in [-0.2, -0.15) is 0 Å². The zero-order chi connectivity index (χ0) is 16.5. The van der Waals surface area contributed by atoms with Crippen molar-refractivity contribution in [2.45, 2.75) is 6.42 Å². The Bertz CT molecular complexity index is 631. The second kappa shape index (κ2) is 8.70. The van der Waals surface area contributed by atoms with Gasteiger partial charge in [0.05, 0.1) is 7.11 Å². The summed E-state index contributed by atoms with van der Waals surface area (Å²) in [5.74, 6) is 1.05. The van der Waals surface area contributed by atoms with Crippen molar-refractivity contribution in [1.29, 1.82) is 0 Å². The Labute approximate surface area is 135 Å². The predicted octanol–water partition coefficient (Wildman–Crippen LogP) is 2.00. The highest BCUT2D eigenvalue weighted by molar-refractivity contribution is 5.92. The Hall–Kier alpha value is -2.67. The van der Waals surface area contributed by atoms with E-state index >= 15 is 0 Å². The number of carbonyl (C=O) groups excluding carboxylic acids is 1. The molecule has 1 aromatic heterocycles. The second-order valence-electron chi connectivity index (χ2n) is 4.76. The molecule has 0 aliphatic heterocycles. The van der Waals surface area contributed by atoms with Crippen molar-refractivity contribution < 1.29 is 14.3 Å². The molecule has 0 spiro atoms. The summed E-state index contributed by atoms with van der Waals surface area (Å²) in [4.78, 5) is 11.9. The molecule has 0 radical (unpaired) electrons. The van der Waals surface area contributed by atoms with E-state index in [0.717, 1.165) is 17.9 Å². The SMILES string of the molecule is COCCCNC(=O)c1ccc(Nc2cccc(OC)c2)nn1. The minimum Gasteiger partial charge on any atom is -0.497 e. The fraction of sp³-hybridized carbons (Fsp3) is 0.312. The maximum atomic E-state index is 11.9. The standard InChI is InChI=1S/C16H20N4O3/c1-22-10-4-9-17-16(21)14-7-8-15(20-19-14)18-12-5-3-6-13(11-12)23-2/h3,5-8,11H,4,9-10H2,1-2H3,(H,17,21)(H,18,20). The largest absolute Gasteiger partial charge is 0.497 e. The van der Waals surface area contributed by atoms with Crippen LogP contribution in [0, 0.1) is 0 Å². The number of rotatable bonds is 8. The molecule has 7 heteroatoms. The third-order valence-corrected chi connectivity index (χ3v) is 3.05. The smallest absolute Gasteiger partial charge is 0.271 e. The van der Waals surface area contributed by atoms with Gasteiger partial charge in [-0.25, -0.2) is 0 Å². The molecule has 0 atom stereocenters. The molecule has 0 fully saturated rings. The fourth-order valence-corrected chi connectivity index (χ4v) is 1.88. The van der Waals surface area contributed by atoms with E-state index in [1.165, 1.54) is 0 Å². The summed E-state index contributed by atoms with van der Waals surface area (Å²) in [6.45, 7) is 1.15. The van der Waals surface area contributed by atoms with E-state index in [2.05, 4.69) is 20.8 Å². The summed E-state index contributed by atoms with van der Waals surface area (Å²) < 4.78 is 10.1. The molecule has 1 amide bonds. The zero-order valence-corrected chi connectivity index (χ0v) is 13.2. The van der Waals surface area contributed by atoms with E-state index in [1.807, 2.05) is 24.3 Å². The molecular weight excluding hydrogens is 296 g/mol. The molecule has 0 bridgehead atoms.